The highest BCUT2D eigenvalue weighted by Gasteiger charge is 2.14. The van der Waals surface area contributed by atoms with Crippen LogP contribution < -0.4 is 11.0 Å². The molecule has 3 rings (SSSR count). The molecule has 0 saturated carbocycles. The molecule has 0 radical (unpaired) electrons. The van der Waals surface area contributed by atoms with Gasteiger partial charge >= 0.3 is 5.56 Å². The van der Waals surface area contributed by atoms with E-state index < -0.39 is 11.0 Å². The van der Waals surface area contributed by atoms with Crippen LogP contribution in [0.5, 0.6) is 0 Å². The Balaban J connectivity index is 0.000000144. The van der Waals surface area contributed by atoms with Crippen LogP contribution in [0.15, 0.2) is 50.9 Å². The number of nitrogens with zero attached hydrogens (tertiary/aromatic N) is 2. The van der Waals surface area contributed by atoms with Gasteiger partial charge in [-0.2, -0.15) is 0 Å². The average Bonchev–Trinajstić information content (AvgIpc) is 2.91. The lowest BCUT2D eigenvalue weighted by Gasteiger charge is -1.72. The molecule has 15 heavy (non-hydrogen) atoms. The third kappa shape index (κ3) is 1.80. The molecule has 3 heterocycles. The maximum Gasteiger partial charge on any atom is 0.320 e. The fourth-order valence-electron chi connectivity index (χ4n) is 1.08. The lowest BCUT2D eigenvalue weighted by molar-refractivity contribution is 0.567. The van der Waals surface area contributed by atoms with Gasteiger partial charge in [0.05, 0.1) is 18.2 Å². The van der Waals surface area contributed by atoms with E-state index >= 15 is 0 Å². The average molecular weight is 202 g/mol. The van der Waals surface area contributed by atoms with Crippen LogP contribution in [-0.2, 0) is 0 Å². The number of fused-ring (bicyclic) bond motifs is 1. The zero-order valence-electron chi connectivity index (χ0n) is 7.58. The molecule has 1 aromatic rings. The van der Waals surface area contributed by atoms with Crippen molar-refractivity contribution in [2.75, 3.05) is 0 Å². The van der Waals surface area contributed by atoms with E-state index in [1.54, 1.807) is 12.5 Å². The van der Waals surface area contributed by atoms with Crippen LogP contribution in [-0.4, -0.2) is 9.97 Å². The topological polar surface area (TPSA) is 73.1 Å². The zero-order valence-corrected chi connectivity index (χ0v) is 7.58. The molecule has 0 aromatic carbocycles. The molecule has 5 nitrogen and oxygen atoms in total. The van der Waals surface area contributed by atoms with Crippen molar-refractivity contribution in [1.82, 2.24) is 9.97 Å². The molecule has 0 saturated heterocycles. The molecule has 0 aliphatic carbocycles. The van der Waals surface area contributed by atoms with Gasteiger partial charge in [-0.25, -0.2) is 4.98 Å². The summed E-state index contributed by atoms with van der Waals surface area (Å²) in [6.07, 6.45) is 4.71. The van der Waals surface area contributed by atoms with Crippen LogP contribution in [0.25, 0.3) is 11.4 Å². The third-order valence-electron chi connectivity index (χ3n) is 1.74. The monoisotopic (exact) mass is 202 g/mol. The minimum atomic E-state index is -0.710. The summed E-state index contributed by atoms with van der Waals surface area (Å²) in [6, 6.07) is 5.21. The zero-order chi connectivity index (χ0) is 10.7. The number of hydrogen-bond acceptors (Lipinski definition) is 5. The maximum absolute atomic E-state index is 10.8. The van der Waals surface area contributed by atoms with Gasteiger partial charge < -0.3 is 4.42 Å². The van der Waals surface area contributed by atoms with Crippen molar-refractivity contribution in [2.24, 2.45) is 0 Å². The summed E-state index contributed by atoms with van der Waals surface area (Å²) in [7, 11) is 0. The Kier molecular flexibility index (Phi) is 2.37. The molecule has 0 atom stereocenters. The van der Waals surface area contributed by atoms with Crippen molar-refractivity contribution in [1.29, 1.82) is 0 Å². The van der Waals surface area contributed by atoms with Crippen molar-refractivity contribution >= 4 is 0 Å². The Hall–Kier alpha value is -2.30. The highest BCUT2D eigenvalue weighted by molar-refractivity contribution is 5.56. The number of furan rings is 1. The van der Waals surface area contributed by atoms with Gasteiger partial charge in [0.1, 0.15) is 5.69 Å². The van der Waals surface area contributed by atoms with Crippen LogP contribution in [0.4, 0.5) is 0 Å². The van der Waals surface area contributed by atoms with Crippen LogP contribution >= 0.6 is 0 Å². The third-order valence-corrected chi connectivity index (χ3v) is 1.74. The second-order valence-corrected chi connectivity index (χ2v) is 2.72. The van der Waals surface area contributed by atoms with E-state index in [-0.39, 0.29) is 5.69 Å². The van der Waals surface area contributed by atoms with Gasteiger partial charge in [0, 0.05) is 6.20 Å². The first kappa shape index (κ1) is 9.26. The summed E-state index contributed by atoms with van der Waals surface area (Å²) in [4.78, 5) is 28.4. The number of aromatic nitrogens is 2. The molecule has 2 aliphatic rings. The fraction of sp³-hybridized carbons (Fsp3) is 0. The Bertz CT molecular complexity index is 562. The van der Waals surface area contributed by atoms with Crippen LogP contribution in [0.1, 0.15) is 0 Å². The van der Waals surface area contributed by atoms with E-state index in [1.165, 1.54) is 12.3 Å². The van der Waals surface area contributed by atoms with Gasteiger partial charge in [0.25, 0.3) is 5.43 Å². The molecule has 0 bridgehead atoms. The lowest BCUT2D eigenvalue weighted by Crippen LogP contribution is -2.19. The molecular formula is C10H6N2O3. The van der Waals surface area contributed by atoms with E-state index in [9.17, 15) is 9.59 Å². The Labute approximate surface area is 84.1 Å². The smallest absolute Gasteiger partial charge is 0.320 e. The van der Waals surface area contributed by atoms with Gasteiger partial charge in [0.2, 0.25) is 0 Å². The normalized spacial score (nSPS) is 9.87. The minimum absolute atomic E-state index is 0.185. The second kappa shape index (κ2) is 3.83. The molecule has 0 N–H and O–H groups in total. The summed E-state index contributed by atoms with van der Waals surface area (Å²) in [5.41, 5.74) is -0.724. The summed E-state index contributed by atoms with van der Waals surface area (Å²) >= 11 is 0. The molecule has 1 aromatic heterocycles. The molecule has 2 aliphatic heterocycles. The predicted molar refractivity (Wildman–Crippen MR) is 52.3 cm³/mol. The van der Waals surface area contributed by atoms with Crippen LogP contribution in [0.3, 0.4) is 0 Å². The molecule has 0 spiro atoms. The summed E-state index contributed by atoms with van der Waals surface area (Å²) in [6.45, 7) is 0. The number of hydrogen-bond donors (Lipinski definition) is 0. The van der Waals surface area contributed by atoms with Crippen LogP contribution in [0.2, 0.25) is 0 Å². The van der Waals surface area contributed by atoms with Crippen molar-refractivity contribution < 1.29 is 4.42 Å². The highest BCUT2D eigenvalue weighted by atomic mass is 16.3. The van der Waals surface area contributed by atoms with E-state index in [0.717, 1.165) is 0 Å². The van der Waals surface area contributed by atoms with Gasteiger partial charge in [0.15, 0.2) is 0 Å². The largest absolute Gasteiger partial charge is 0.473 e. The Morgan fingerprint density at radius 1 is 1.13 bits per heavy atom. The maximum atomic E-state index is 10.8. The number of rotatable bonds is 0. The van der Waals surface area contributed by atoms with Crippen LogP contribution in [0, 0.1) is 0 Å². The van der Waals surface area contributed by atoms with Crippen molar-refractivity contribution in [3.8, 4) is 11.4 Å². The Morgan fingerprint density at radius 2 is 1.87 bits per heavy atom. The second-order valence-electron chi connectivity index (χ2n) is 2.72. The van der Waals surface area contributed by atoms with Gasteiger partial charge in [-0.05, 0) is 18.2 Å². The van der Waals surface area contributed by atoms with Crippen molar-refractivity contribution in [3.63, 3.8) is 0 Å². The molecule has 0 fully saturated rings. The predicted octanol–water partition coefficient (Wildman–Crippen LogP) is 0.457. The fourth-order valence-corrected chi connectivity index (χ4v) is 1.08. The SMILES string of the molecule is O=c1nc2ccnc-2c1=O.c1ccoc1. The van der Waals surface area contributed by atoms with E-state index in [0.29, 0.717) is 5.69 Å². The van der Waals surface area contributed by atoms with E-state index in [1.807, 2.05) is 12.1 Å². The lowest BCUT2D eigenvalue weighted by atomic mass is 10.4. The first-order valence-electron chi connectivity index (χ1n) is 4.18. The van der Waals surface area contributed by atoms with Gasteiger partial charge in [-0.15, -0.1) is 0 Å². The molecule has 74 valence electrons. The van der Waals surface area contributed by atoms with Gasteiger partial charge in [-0.3, -0.25) is 14.6 Å². The summed E-state index contributed by atoms with van der Waals surface area (Å²) in [5, 5.41) is 0. The molecule has 0 amide bonds. The first-order valence-corrected chi connectivity index (χ1v) is 4.18. The highest BCUT2D eigenvalue weighted by Crippen LogP contribution is 2.08. The quantitative estimate of drug-likeness (QED) is 0.495. The summed E-state index contributed by atoms with van der Waals surface area (Å²) in [5.74, 6) is 0. The Morgan fingerprint density at radius 3 is 2.40 bits per heavy atom. The van der Waals surface area contributed by atoms with Crippen molar-refractivity contribution in [2.45, 2.75) is 0 Å². The van der Waals surface area contributed by atoms with Gasteiger partial charge in [-0.1, -0.05) is 0 Å². The minimum Gasteiger partial charge on any atom is -0.473 e. The van der Waals surface area contributed by atoms with E-state index in [2.05, 4.69) is 14.4 Å². The van der Waals surface area contributed by atoms with E-state index in [4.69, 9.17) is 0 Å². The molecule has 0 unspecified atom stereocenters. The standard InChI is InChI=1S/C6H2N2O2.C4H4O/c9-5-4-3(1-2-7-4)8-6(5)10;1-2-4-5-3-1/h1-2H;1-4H. The molecular weight excluding hydrogens is 196 g/mol. The van der Waals surface area contributed by atoms with Crippen molar-refractivity contribution in [3.05, 3.63) is 57.5 Å². The first-order chi connectivity index (χ1) is 7.29. The summed E-state index contributed by atoms with van der Waals surface area (Å²) < 4.78 is 4.58. The molecule has 5 heteroatoms.